The zero-order valence-corrected chi connectivity index (χ0v) is 10.6. The summed E-state index contributed by atoms with van der Waals surface area (Å²) in [6.45, 7) is 2.20. The summed E-state index contributed by atoms with van der Waals surface area (Å²) in [6.07, 6.45) is 2.47. The van der Waals surface area contributed by atoms with Crippen LogP contribution in [-0.4, -0.2) is 43.4 Å². The summed E-state index contributed by atoms with van der Waals surface area (Å²) in [6, 6.07) is 0. The van der Waals surface area contributed by atoms with E-state index in [9.17, 15) is 4.79 Å². The average molecular weight is 258 g/mol. The molecule has 17 heavy (non-hydrogen) atoms. The topological polar surface area (TPSA) is 73.6 Å². The van der Waals surface area contributed by atoms with Crippen LogP contribution in [0.5, 0.6) is 0 Å². The number of rotatable bonds is 4. The third kappa shape index (κ3) is 2.59. The quantitative estimate of drug-likeness (QED) is 0.693. The van der Waals surface area contributed by atoms with Crippen LogP contribution in [0.4, 0.5) is 0 Å². The molecule has 6 heteroatoms. The van der Waals surface area contributed by atoms with Crippen LogP contribution in [0.2, 0.25) is 0 Å². The summed E-state index contributed by atoms with van der Waals surface area (Å²) in [4.78, 5) is 12.4. The van der Waals surface area contributed by atoms with Gasteiger partial charge in [-0.1, -0.05) is 18.6 Å². The van der Waals surface area contributed by atoms with Crippen molar-refractivity contribution in [2.75, 3.05) is 26.4 Å². The van der Waals surface area contributed by atoms with Crippen molar-refractivity contribution in [1.82, 2.24) is 5.32 Å². The van der Waals surface area contributed by atoms with Crippen LogP contribution in [0.15, 0.2) is 0 Å². The van der Waals surface area contributed by atoms with E-state index >= 15 is 0 Å². The minimum absolute atomic E-state index is 0.0591. The predicted octanol–water partition coefficient (Wildman–Crippen LogP) is -0.0256. The number of carbonyl (C=O) groups excluding carboxylic acids is 1. The lowest BCUT2D eigenvalue weighted by Gasteiger charge is -2.39. The molecule has 0 aromatic carbocycles. The second-order valence-electron chi connectivity index (χ2n) is 4.58. The summed E-state index contributed by atoms with van der Waals surface area (Å²) in [7, 11) is 0. The zero-order valence-electron chi connectivity index (χ0n) is 9.74. The molecule has 1 unspecified atom stereocenters. The van der Waals surface area contributed by atoms with Gasteiger partial charge in [-0.25, -0.2) is 0 Å². The van der Waals surface area contributed by atoms with E-state index in [0.717, 1.165) is 19.3 Å². The summed E-state index contributed by atoms with van der Waals surface area (Å²) in [5, 5.41) is 2.87. The smallest absolute Gasteiger partial charge is 0.233 e. The van der Waals surface area contributed by atoms with Crippen molar-refractivity contribution in [2.24, 2.45) is 11.1 Å². The van der Waals surface area contributed by atoms with Crippen molar-refractivity contribution in [2.45, 2.75) is 25.4 Å². The normalized spacial score (nSPS) is 26.9. The fraction of sp³-hybridized carbons (Fsp3) is 0.818. The van der Waals surface area contributed by atoms with Gasteiger partial charge in [-0.15, -0.1) is 0 Å². The lowest BCUT2D eigenvalue weighted by molar-refractivity contribution is -0.133. The molecule has 96 valence electrons. The summed E-state index contributed by atoms with van der Waals surface area (Å²) >= 11 is 4.99. The molecule has 1 heterocycles. The molecular weight excluding hydrogens is 240 g/mol. The predicted molar refractivity (Wildman–Crippen MR) is 66.6 cm³/mol. The lowest BCUT2D eigenvalue weighted by Crippen LogP contribution is -2.54. The molecule has 5 nitrogen and oxygen atoms in total. The maximum absolute atomic E-state index is 12.1. The minimum Gasteiger partial charge on any atom is -0.392 e. The van der Waals surface area contributed by atoms with E-state index in [1.165, 1.54) is 0 Å². The molecule has 2 aliphatic rings. The van der Waals surface area contributed by atoms with E-state index in [-0.39, 0.29) is 12.0 Å². The highest BCUT2D eigenvalue weighted by molar-refractivity contribution is 7.80. The van der Waals surface area contributed by atoms with Crippen LogP contribution in [-0.2, 0) is 14.3 Å². The van der Waals surface area contributed by atoms with E-state index in [4.69, 9.17) is 27.4 Å². The Bertz CT molecular complexity index is 312. The Morgan fingerprint density at radius 2 is 2.24 bits per heavy atom. The molecule has 2 rings (SSSR count). The monoisotopic (exact) mass is 258 g/mol. The third-order valence-electron chi connectivity index (χ3n) is 3.49. The van der Waals surface area contributed by atoms with Gasteiger partial charge in [-0.3, -0.25) is 4.79 Å². The van der Waals surface area contributed by atoms with Gasteiger partial charge in [0.2, 0.25) is 5.91 Å². The highest BCUT2D eigenvalue weighted by atomic mass is 32.1. The number of nitrogens with one attached hydrogen (secondary N) is 1. The first-order chi connectivity index (χ1) is 8.15. The van der Waals surface area contributed by atoms with Crippen LogP contribution in [0, 0.1) is 5.41 Å². The molecule has 1 amide bonds. The first-order valence-electron chi connectivity index (χ1n) is 5.93. The number of amides is 1. The van der Waals surface area contributed by atoms with Crippen molar-refractivity contribution in [1.29, 1.82) is 0 Å². The molecule has 0 aromatic heterocycles. The van der Waals surface area contributed by atoms with Crippen molar-refractivity contribution in [3.63, 3.8) is 0 Å². The van der Waals surface area contributed by atoms with Crippen LogP contribution < -0.4 is 11.1 Å². The van der Waals surface area contributed by atoms with Crippen LogP contribution in [0.3, 0.4) is 0 Å². The van der Waals surface area contributed by atoms with Gasteiger partial charge in [0.05, 0.1) is 36.3 Å². The summed E-state index contributed by atoms with van der Waals surface area (Å²) in [5.74, 6) is -0.0644. The van der Waals surface area contributed by atoms with Gasteiger partial charge in [0.1, 0.15) is 0 Å². The van der Waals surface area contributed by atoms with Crippen LogP contribution in [0.1, 0.15) is 19.3 Å². The fourth-order valence-electron chi connectivity index (χ4n) is 2.15. The van der Waals surface area contributed by atoms with E-state index in [1.54, 1.807) is 0 Å². The first kappa shape index (κ1) is 12.7. The Balaban J connectivity index is 1.82. The summed E-state index contributed by atoms with van der Waals surface area (Å²) < 4.78 is 10.7. The van der Waals surface area contributed by atoms with E-state index in [0.29, 0.717) is 31.4 Å². The standard InChI is InChI=1S/C11H18N2O3S/c12-9(17)11(2-1-3-11)10(14)13-6-8-7-15-4-5-16-8/h8H,1-7H2,(H2,12,17)(H,13,14). The average Bonchev–Trinajstić information content (AvgIpc) is 2.25. The van der Waals surface area contributed by atoms with Gasteiger partial charge in [0, 0.05) is 6.54 Å². The summed E-state index contributed by atoms with van der Waals surface area (Å²) in [5.41, 5.74) is 5.05. The second-order valence-corrected chi connectivity index (χ2v) is 5.02. The van der Waals surface area contributed by atoms with Crippen LogP contribution in [0.25, 0.3) is 0 Å². The number of nitrogens with two attached hydrogens (primary N) is 1. The molecular formula is C11H18N2O3S. The van der Waals surface area contributed by atoms with Gasteiger partial charge in [0.25, 0.3) is 0 Å². The number of hydrogen-bond acceptors (Lipinski definition) is 4. The lowest BCUT2D eigenvalue weighted by atomic mass is 9.68. The third-order valence-corrected chi connectivity index (χ3v) is 3.88. The molecule has 1 saturated heterocycles. The van der Waals surface area contributed by atoms with Crippen molar-refractivity contribution >= 4 is 23.1 Å². The van der Waals surface area contributed by atoms with Crippen molar-refractivity contribution in [3.05, 3.63) is 0 Å². The second kappa shape index (κ2) is 5.29. The van der Waals surface area contributed by atoms with Gasteiger partial charge < -0.3 is 20.5 Å². The Labute approximate surface area is 106 Å². The van der Waals surface area contributed by atoms with Gasteiger partial charge in [-0.2, -0.15) is 0 Å². The minimum atomic E-state index is -0.606. The molecule has 1 saturated carbocycles. The first-order valence-corrected chi connectivity index (χ1v) is 6.33. The van der Waals surface area contributed by atoms with Crippen molar-refractivity contribution < 1.29 is 14.3 Å². The molecule has 1 aliphatic heterocycles. The van der Waals surface area contributed by atoms with Crippen LogP contribution >= 0.6 is 12.2 Å². The Hall–Kier alpha value is -0.720. The highest BCUT2D eigenvalue weighted by Gasteiger charge is 2.46. The molecule has 2 fully saturated rings. The molecule has 0 spiro atoms. The van der Waals surface area contributed by atoms with E-state index in [1.807, 2.05) is 0 Å². The molecule has 0 radical (unpaired) electrons. The van der Waals surface area contributed by atoms with Gasteiger partial charge >= 0.3 is 0 Å². The Morgan fingerprint density at radius 1 is 1.47 bits per heavy atom. The number of carbonyl (C=O) groups is 1. The molecule has 3 N–H and O–H groups in total. The Kier molecular flexibility index (Phi) is 3.96. The number of ether oxygens (including phenoxy) is 2. The Morgan fingerprint density at radius 3 is 2.71 bits per heavy atom. The molecule has 0 aromatic rings. The fourth-order valence-corrected chi connectivity index (χ4v) is 2.44. The van der Waals surface area contributed by atoms with Gasteiger partial charge in [-0.05, 0) is 12.8 Å². The van der Waals surface area contributed by atoms with Crippen molar-refractivity contribution in [3.8, 4) is 0 Å². The maximum Gasteiger partial charge on any atom is 0.233 e. The molecule has 1 atom stereocenters. The number of thiocarbonyl (C=S) groups is 1. The maximum atomic E-state index is 12.1. The molecule has 1 aliphatic carbocycles. The molecule has 0 bridgehead atoms. The largest absolute Gasteiger partial charge is 0.392 e. The zero-order chi connectivity index (χ0) is 12.3. The SMILES string of the molecule is NC(=S)C1(C(=O)NCC2COCCO2)CCC1. The van der Waals surface area contributed by atoms with Gasteiger partial charge in [0.15, 0.2) is 0 Å². The number of hydrogen-bond donors (Lipinski definition) is 2. The van der Waals surface area contributed by atoms with E-state index < -0.39 is 5.41 Å². The highest BCUT2D eigenvalue weighted by Crippen LogP contribution is 2.41. The van der Waals surface area contributed by atoms with E-state index in [2.05, 4.69) is 5.32 Å².